The van der Waals surface area contributed by atoms with Gasteiger partial charge in [-0.05, 0) is 24.7 Å². The number of nitrogens with zero attached hydrogens (tertiary/aromatic N) is 1. The quantitative estimate of drug-likeness (QED) is 0.778. The van der Waals surface area contributed by atoms with Gasteiger partial charge in [-0.2, -0.15) is 0 Å². The molecule has 5 nitrogen and oxygen atoms in total. The number of urea groups is 1. The van der Waals surface area contributed by atoms with Crippen molar-refractivity contribution in [1.82, 2.24) is 10.2 Å². The average molecular weight is 270 g/mol. The van der Waals surface area contributed by atoms with Crippen LogP contribution in [0.15, 0.2) is 0 Å². The predicted octanol–water partition coefficient (Wildman–Crippen LogP) is 2.32. The zero-order valence-electron chi connectivity index (χ0n) is 12.0. The van der Waals surface area contributed by atoms with Crippen molar-refractivity contribution in [3.05, 3.63) is 0 Å². The highest BCUT2D eigenvalue weighted by atomic mass is 16.4. The molecule has 1 aliphatic carbocycles. The first kappa shape index (κ1) is 15.8. The van der Waals surface area contributed by atoms with Crippen molar-refractivity contribution in [3.63, 3.8) is 0 Å². The van der Waals surface area contributed by atoms with Gasteiger partial charge in [0.2, 0.25) is 0 Å². The van der Waals surface area contributed by atoms with Crippen molar-refractivity contribution in [2.75, 3.05) is 20.1 Å². The second-order valence-electron chi connectivity index (χ2n) is 5.77. The Morgan fingerprint density at radius 2 is 1.95 bits per heavy atom. The van der Waals surface area contributed by atoms with Crippen LogP contribution < -0.4 is 5.32 Å². The number of carbonyl (C=O) groups excluding carboxylic acids is 1. The third-order valence-corrected chi connectivity index (χ3v) is 3.73. The molecule has 1 atom stereocenters. The summed E-state index contributed by atoms with van der Waals surface area (Å²) in [5.41, 5.74) is 0. The number of hydrogen-bond acceptors (Lipinski definition) is 2. The molecule has 0 heterocycles. The number of nitrogens with one attached hydrogen (secondary N) is 1. The smallest absolute Gasteiger partial charge is 0.317 e. The maximum atomic E-state index is 11.9. The normalized spacial score (nSPS) is 17.8. The molecule has 0 aromatic rings. The van der Waals surface area contributed by atoms with Crippen molar-refractivity contribution in [3.8, 4) is 0 Å². The van der Waals surface area contributed by atoms with E-state index in [0.29, 0.717) is 12.5 Å². The number of carboxylic acids is 1. The summed E-state index contributed by atoms with van der Waals surface area (Å²) in [7, 11) is 1.81. The number of amides is 2. The van der Waals surface area contributed by atoms with E-state index in [2.05, 4.69) is 5.32 Å². The van der Waals surface area contributed by atoms with Crippen molar-refractivity contribution in [2.24, 2.45) is 11.8 Å². The molecule has 1 rings (SSSR count). The Morgan fingerprint density at radius 3 is 2.53 bits per heavy atom. The van der Waals surface area contributed by atoms with E-state index in [4.69, 9.17) is 5.11 Å². The highest BCUT2D eigenvalue weighted by Crippen LogP contribution is 2.24. The Kier molecular flexibility index (Phi) is 6.67. The highest BCUT2D eigenvalue weighted by Gasteiger charge is 2.18. The van der Waals surface area contributed by atoms with Gasteiger partial charge in [-0.25, -0.2) is 4.79 Å². The number of rotatable bonds is 6. The Morgan fingerprint density at radius 1 is 1.32 bits per heavy atom. The standard InChI is InChI=1S/C14H26N2O3/c1-11(8-13(17)18)9-15-14(19)16(2)10-12-6-4-3-5-7-12/h11-12H,3-10H2,1-2H3,(H,15,19)(H,17,18). The number of carbonyl (C=O) groups is 2. The Labute approximate surface area is 115 Å². The van der Waals surface area contributed by atoms with Gasteiger partial charge in [0.15, 0.2) is 0 Å². The lowest BCUT2D eigenvalue weighted by atomic mass is 9.89. The Balaban J connectivity index is 2.22. The minimum absolute atomic E-state index is 0.0375. The first-order valence-corrected chi connectivity index (χ1v) is 7.19. The molecule has 5 heteroatoms. The molecule has 2 amide bonds. The van der Waals surface area contributed by atoms with E-state index in [1.54, 1.807) is 4.90 Å². The molecule has 19 heavy (non-hydrogen) atoms. The minimum atomic E-state index is -0.822. The molecule has 0 spiro atoms. The second kappa shape index (κ2) is 8.02. The molecule has 1 unspecified atom stereocenters. The lowest BCUT2D eigenvalue weighted by Gasteiger charge is -2.27. The molecule has 2 N–H and O–H groups in total. The fraction of sp³-hybridized carbons (Fsp3) is 0.857. The van der Waals surface area contributed by atoms with Gasteiger partial charge >= 0.3 is 12.0 Å². The highest BCUT2D eigenvalue weighted by molar-refractivity contribution is 5.74. The molecule has 0 aromatic heterocycles. The molecule has 1 aliphatic rings. The molecule has 1 saturated carbocycles. The van der Waals surface area contributed by atoms with Crippen LogP contribution in [0.2, 0.25) is 0 Å². The van der Waals surface area contributed by atoms with E-state index in [9.17, 15) is 9.59 Å². The molecule has 110 valence electrons. The molecular weight excluding hydrogens is 244 g/mol. The van der Waals surface area contributed by atoms with Gasteiger partial charge in [-0.15, -0.1) is 0 Å². The van der Waals surface area contributed by atoms with E-state index in [-0.39, 0.29) is 18.4 Å². The van der Waals surface area contributed by atoms with Crippen molar-refractivity contribution >= 4 is 12.0 Å². The Bertz CT molecular complexity index is 301. The number of carboxylic acid groups (broad SMARTS) is 1. The van der Waals surface area contributed by atoms with Gasteiger partial charge < -0.3 is 15.3 Å². The van der Waals surface area contributed by atoms with Crippen LogP contribution in [-0.2, 0) is 4.79 Å². The van der Waals surface area contributed by atoms with Gasteiger partial charge in [-0.1, -0.05) is 26.2 Å². The predicted molar refractivity (Wildman–Crippen MR) is 74.0 cm³/mol. The summed E-state index contributed by atoms with van der Waals surface area (Å²) in [5.74, 6) is -0.234. The fourth-order valence-corrected chi connectivity index (χ4v) is 2.61. The monoisotopic (exact) mass is 270 g/mol. The maximum absolute atomic E-state index is 11.9. The van der Waals surface area contributed by atoms with E-state index in [0.717, 1.165) is 6.54 Å². The van der Waals surface area contributed by atoms with E-state index in [1.807, 2.05) is 14.0 Å². The maximum Gasteiger partial charge on any atom is 0.317 e. The fourth-order valence-electron chi connectivity index (χ4n) is 2.61. The molecule has 1 fully saturated rings. The lowest BCUT2D eigenvalue weighted by molar-refractivity contribution is -0.137. The summed E-state index contributed by atoms with van der Waals surface area (Å²) in [6, 6.07) is -0.0946. The summed E-state index contributed by atoms with van der Waals surface area (Å²) in [4.78, 5) is 24.1. The summed E-state index contributed by atoms with van der Waals surface area (Å²) < 4.78 is 0. The molecule has 0 saturated heterocycles. The third-order valence-electron chi connectivity index (χ3n) is 3.73. The van der Waals surface area contributed by atoms with Gasteiger partial charge in [0, 0.05) is 26.6 Å². The number of hydrogen-bond donors (Lipinski definition) is 2. The Hall–Kier alpha value is -1.26. The van der Waals surface area contributed by atoms with Crippen LogP contribution in [-0.4, -0.2) is 42.1 Å². The lowest BCUT2D eigenvalue weighted by Crippen LogP contribution is -2.41. The molecular formula is C14H26N2O3. The largest absolute Gasteiger partial charge is 0.481 e. The summed E-state index contributed by atoms with van der Waals surface area (Å²) in [6.45, 7) is 3.05. The summed E-state index contributed by atoms with van der Waals surface area (Å²) in [5, 5.41) is 11.5. The van der Waals surface area contributed by atoms with E-state index < -0.39 is 5.97 Å². The van der Waals surface area contributed by atoms with Crippen LogP contribution in [0, 0.1) is 11.8 Å². The first-order chi connectivity index (χ1) is 8.99. The average Bonchev–Trinajstić information content (AvgIpc) is 2.36. The van der Waals surface area contributed by atoms with Crippen LogP contribution in [0.1, 0.15) is 45.4 Å². The topological polar surface area (TPSA) is 69.6 Å². The van der Waals surface area contributed by atoms with Crippen LogP contribution in [0.25, 0.3) is 0 Å². The number of aliphatic carboxylic acids is 1. The van der Waals surface area contributed by atoms with Crippen LogP contribution in [0.5, 0.6) is 0 Å². The van der Waals surface area contributed by atoms with Crippen LogP contribution >= 0.6 is 0 Å². The molecule has 0 radical (unpaired) electrons. The molecule has 0 aromatic carbocycles. The molecule has 0 bridgehead atoms. The van der Waals surface area contributed by atoms with Crippen molar-refractivity contribution < 1.29 is 14.7 Å². The van der Waals surface area contributed by atoms with Crippen LogP contribution in [0.4, 0.5) is 4.79 Å². The van der Waals surface area contributed by atoms with Gasteiger partial charge in [0.1, 0.15) is 0 Å². The summed E-state index contributed by atoms with van der Waals surface area (Å²) >= 11 is 0. The van der Waals surface area contributed by atoms with Crippen molar-refractivity contribution in [2.45, 2.75) is 45.4 Å². The zero-order valence-corrected chi connectivity index (χ0v) is 12.0. The van der Waals surface area contributed by atoms with E-state index >= 15 is 0 Å². The summed E-state index contributed by atoms with van der Waals surface area (Å²) in [6.07, 6.45) is 6.39. The first-order valence-electron chi connectivity index (χ1n) is 7.19. The van der Waals surface area contributed by atoms with E-state index in [1.165, 1.54) is 32.1 Å². The van der Waals surface area contributed by atoms with Crippen molar-refractivity contribution in [1.29, 1.82) is 0 Å². The molecule has 0 aliphatic heterocycles. The van der Waals surface area contributed by atoms with Gasteiger partial charge in [0.25, 0.3) is 0 Å². The SMILES string of the molecule is CC(CNC(=O)N(C)CC1CCCCC1)CC(=O)O. The van der Waals surface area contributed by atoms with Crippen LogP contribution in [0.3, 0.4) is 0 Å². The van der Waals surface area contributed by atoms with Gasteiger partial charge in [0.05, 0.1) is 0 Å². The second-order valence-corrected chi connectivity index (χ2v) is 5.77. The van der Waals surface area contributed by atoms with Gasteiger partial charge in [-0.3, -0.25) is 4.79 Å². The third kappa shape index (κ3) is 6.45. The minimum Gasteiger partial charge on any atom is -0.481 e. The zero-order chi connectivity index (χ0) is 14.3.